The van der Waals surface area contributed by atoms with Crippen LogP contribution < -0.4 is 11.4 Å². The first kappa shape index (κ1) is 17.8. The van der Waals surface area contributed by atoms with Gasteiger partial charge in [0.05, 0.1) is 5.56 Å². The molecule has 0 saturated carbocycles. The minimum Gasteiger partial charge on any atom is -0.458 e. The smallest absolute Gasteiger partial charge is 0.416 e. The van der Waals surface area contributed by atoms with Crippen LogP contribution in [0.2, 0.25) is 0 Å². The summed E-state index contributed by atoms with van der Waals surface area (Å²) >= 11 is 0. The number of hydroxylamine groups is 1. The van der Waals surface area contributed by atoms with E-state index in [0.717, 1.165) is 18.6 Å². The summed E-state index contributed by atoms with van der Waals surface area (Å²) in [5, 5.41) is 0.413. The fraction of sp³-hybridized carbons (Fsp3) is 0.412. The van der Waals surface area contributed by atoms with E-state index in [2.05, 4.69) is 22.3 Å². The predicted molar refractivity (Wildman–Crippen MR) is 83.7 cm³/mol. The lowest BCUT2D eigenvalue weighted by Gasteiger charge is -2.06. The summed E-state index contributed by atoms with van der Waals surface area (Å²) in [6.07, 6.45) is -2.89. The highest BCUT2D eigenvalue weighted by atomic mass is 19.4. The number of rotatable bonds is 4. The third-order valence-corrected chi connectivity index (χ3v) is 3.90. The van der Waals surface area contributed by atoms with Crippen molar-refractivity contribution in [3.63, 3.8) is 0 Å². The van der Waals surface area contributed by atoms with Crippen LogP contribution in [0.5, 0.6) is 0 Å². The zero-order valence-electron chi connectivity index (χ0n) is 13.2. The summed E-state index contributed by atoms with van der Waals surface area (Å²) in [6, 6.07) is 5.04. The van der Waals surface area contributed by atoms with Gasteiger partial charge in [-0.15, -0.1) is 0 Å². The standard InChI is InChI=1S/C17H17F3N2O3/c18-17(19,20)12-4-6-14-11(9-12)10-16(24-14)15-7-5-13(23-15)3-1-2-8-22-25-21/h4,6,9-10,13,15,22H,2,5,7-8,21H2. The van der Waals surface area contributed by atoms with E-state index in [1.807, 2.05) is 0 Å². The first-order chi connectivity index (χ1) is 12.0. The van der Waals surface area contributed by atoms with Crippen LogP contribution >= 0.6 is 0 Å². The number of fused-ring (bicyclic) bond motifs is 1. The van der Waals surface area contributed by atoms with Crippen molar-refractivity contribution >= 4 is 11.0 Å². The lowest BCUT2D eigenvalue weighted by Crippen LogP contribution is -2.19. The van der Waals surface area contributed by atoms with Crippen molar-refractivity contribution in [2.75, 3.05) is 6.54 Å². The van der Waals surface area contributed by atoms with E-state index in [-0.39, 0.29) is 12.2 Å². The molecule has 2 unspecified atom stereocenters. The first-order valence-electron chi connectivity index (χ1n) is 7.80. The molecule has 1 fully saturated rings. The number of nitrogens with two attached hydrogens (primary N) is 1. The van der Waals surface area contributed by atoms with Gasteiger partial charge in [0.15, 0.2) is 0 Å². The Hall–Kier alpha value is -2.05. The second-order valence-corrected chi connectivity index (χ2v) is 5.67. The minimum atomic E-state index is -4.38. The van der Waals surface area contributed by atoms with E-state index in [1.165, 1.54) is 6.07 Å². The molecule has 0 bridgehead atoms. The Bertz CT molecular complexity index is 792. The molecule has 1 aliphatic rings. The van der Waals surface area contributed by atoms with Gasteiger partial charge in [-0.2, -0.15) is 24.5 Å². The van der Waals surface area contributed by atoms with Gasteiger partial charge in [-0.05, 0) is 37.1 Å². The number of furan rings is 1. The summed E-state index contributed by atoms with van der Waals surface area (Å²) in [6.45, 7) is 0.505. The third-order valence-electron chi connectivity index (χ3n) is 3.90. The van der Waals surface area contributed by atoms with Crippen LogP contribution in [0, 0.1) is 11.8 Å². The highest BCUT2D eigenvalue weighted by Crippen LogP contribution is 2.37. The quantitative estimate of drug-likeness (QED) is 0.500. The van der Waals surface area contributed by atoms with Gasteiger partial charge in [0, 0.05) is 18.4 Å². The summed E-state index contributed by atoms with van der Waals surface area (Å²) in [5.74, 6) is 11.3. The lowest BCUT2D eigenvalue weighted by atomic mass is 10.1. The Labute approximate surface area is 142 Å². The highest BCUT2D eigenvalue weighted by molar-refractivity contribution is 5.79. The summed E-state index contributed by atoms with van der Waals surface area (Å²) in [5.41, 5.74) is 2.19. The average molecular weight is 354 g/mol. The van der Waals surface area contributed by atoms with Gasteiger partial charge >= 0.3 is 6.18 Å². The topological polar surface area (TPSA) is 69.7 Å². The van der Waals surface area contributed by atoms with E-state index >= 15 is 0 Å². The Morgan fingerprint density at radius 2 is 2.12 bits per heavy atom. The molecule has 1 aromatic carbocycles. The van der Waals surface area contributed by atoms with Gasteiger partial charge in [0.2, 0.25) is 0 Å². The number of hydrogen-bond acceptors (Lipinski definition) is 5. The Balaban J connectivity index is 1.66. The third kappa shape index (κ3) is 4.32. The predicted octanol–water partition coefficient (Wildman–Crippen LogP) is 3.46. The van der Waals surface area contributed by atoms with Crippen LogP contribution in [0.15, 0.2) is 28.7 Å². The SMILES string of the molecule is NONCCC#CC1CCC(c2cc3cc(C(F)(F)F)ccc3o2)O1. The number of halogens is 3. The molecular formula is C17H17F3N2O3. The van der Waals surface area contributed by atoms with Gasteiger partial charge < -0.3 is 9.15 Å². The lowest BCUT2D eigenvalue weighted by molar-refractivity contribution is -0.137. The van der Waals surface area contributed by atoms with Crippen molar-refractivity contribution in [1.82, 2.24) is 5.48 Å². The van der Waals surface area contributed by atoms with Crippen LogP contribution in [0.3, 0.4) is 0 Å². The van der Waals surface area contributed by atoms with Crippen molar-refractivity contribution in [2.24, 2.45) is 5.90 Å². The Morgan fingerprint density at radius 3 is 2.88 bits per heavy atom. The molecule has 3 N–H and O–H groups in total. The zero-order chi connectivity index (χ0) is 17.9. The number of benzene rings is 1. The molecule has 2 atom stereocenters. The fourth-order valence-electron chi connectivity index (χ4n) is 2.71. The van der Waals surface area contributed by atoms with Crippen molar-refractivity contribution in [3.05, 3.63) is 35.6 Å². The van der Waals surface area contributed by atoms with Crippen LogP contribution in [0.4, 0.5) is 13.2 Å². The maximum Gasteiger partial charge on any atom is 0.416 e. The molecule has 5 nitrogen and oxygen atoms in total. The fourth-order valence-corrected chi connectivity index (χ4v) is 2.71. The van der Waals surface area contributed by atoms with E-state index in [0.29, 0.717) is 36.1 Å². The minimum absolute atomic E-state index is 0.220. The van der Waals surface area contributed by atoms with Gasteiger partial charge in [-0.25, -0.2) is 4.94 Å². The summed E-state index contributed by atoms with van der Waals surface area (Å²) in [4.78, 5) is 4.22. The van der Waals surface area contributed by atoms with Crippen LogP contribution in [-0.2, 0) is 15.9 Å². The van der Waals surface area contributed by atoms with E-state index in [9.17, 15) is 13.2 Å². The van der Waals surface area contributed by atoms with Gasteiger partial charge in [-0.1, -0.05) is 11.8 Å². The molecule has 134 valence electrons. The molecule has 25 heavy (non-hydrogen) atoms. The van der Waals surface area contributed by atoms with Gasteiger partial charge in [0.25, 0.3) is 0 Å². The zero-order valence-corrected chi connectivity index (χ0v) is 13.2. The number of alkyl halides is 3. The molecule has 1 aromatic heterocycles. The van der Waals surface area contributed by atoms with Crippen molar-refractivity contribution in [1.29, 1.82) is 0 Å². The molecule has 0 amide bonds. The molecule has 1 aliphatic heterocycles. The molecule has 8 heteroatoms. The Kier molecular flexibility index (Phi) is 5.30. The van der Waals surface area contributed by atoms with Gasteiger partial charge in [0.1, 0.15) is 23.6 Å². The van der Waals surface area contributed by atoms with Crippen LogP contribution in [-0.4, -0.2) is 12.6 Å². The molecule has 0 spiro atoms. The normalized spacial score (nSPS) is 20.6. The van der Waals surface area contributed by atoms with Gasteiger partial charge in [-0.3, -0.25) is 0 Å². The summed E-state index contributed by atoms with van der Waals surface area (Å²) < 4.78 is 49.8. The second-order valence-electron chi connectivity index (χ2n) is 5.67. The number of ether oxygens (including phenoxy) is 1. The molecule has 0 radical (unpaired) electrons. The second kappa shape index (κ2) is 7.45. The largest absolute Gasteiger partial charge is 0.458 e. The van der Waals surface area contributed by atoms with Crippen LogP contribution in [0.1, 0.15) is 36.7 Å². The molecule has 3 rings (SSSR count). The summed E-state index contributed by atoms with van der Waals surface area (Å²) in [7, 11) is 0. The van der Waals surface area contributed by atoms with Crippen molar-refractivity contribution in [3.8, 4) is 11.8 Å². The highest BCUT2D eigenvalue weighted by Gasteiger charge is 2.32. The molecule has 1 saturated heterocycles. The van der Waals surface area contributed by atoms with E-state index in [1.54, 1.807) is 6.07 Å². The van der Waals surface area contributed by atoms with Crippen molar-refractivity contribution in [2.45, 2.75) is 37.6 Å². The Morgan fingerprint density at radius 1 is 1.28 bits per heavy atom. The molecule has 2 aromatic rings. The maximum atomic E-state index is 12.8. The molecule has 2 heterocycles. The average Bonchev–Trinajstić information content (AvgIpc) is 3.19. The number of nitrogens with one attached hydrogen (secondary N) is 1. The van der Waals surface area contributed by atoms with Crippen LogP contribution in [0.25, 0.3) is 11.0 Å². The maximum absolute atomic E-state index is 12.8. The van der Waals surface area contributed by atoms with Crippen molar-refractivity contribution < 1.29 is 27.3 Å². The van der Waals surface area contributed by atoms with E-state index < -0.39 is 11.7 Å². The number of hydrogen-bond donors (Lipinski definition) is 2. The molecule has 0 aliphatic carbocycles. The monoisotopic (exact) mass is 354 g/mol. The van der Waals surface area contributed by atoms with E-state index in [4.69, 9.17) is 15.1 Å². The molecular weight excluding hydrogens is 337 g/mol. The first-order valence-corrected chi connectivity index (χ1v) is 7.80.